The van der Waals surface area contributed by atoms with Crippen molar-refractivity contribution in [3.63, 3.8) is 0 Å². The van der Waals surface area contributed by atoms with Crippen LogP contribution in [0.5, 0.6) is 0 Å². The number of halogens is 1. The number of amides is 1. The van der Waals surface area contributed by atoms with Gasteiger partial charge >= 0.3 is 0 Å². The van der Waals surface area contributed by atoms with Crippen LogP contribution in [0.25, 0.3) is 0 Å². The molecule has 1 aromatic heterocycles. The molecule has 1 rings (SSSR count). The Hall–Kier alpha value is -0.630. The lowest BCUT2D eigenvalue weighted by atomic mass is 9.92. The molecule has 0 aliphatic rings. The highest BCUT2D eigenvalue weighted by molar-refractivity contribution is 14.1. The van der Waals surface area contributed by atoms with Gasteiger partial charge in [0.25, 0.3) is 5.91 Å². The number of carbonyl (C=O) groups excluding carboxylic acids is 1. The normalized spacial score (nSPS) is 11.9. The zero-order valence-electron chi connectivity index (χ0n) is 12.7. The fourth-order valence-corrected chi connectivity index (χ4v) is 2.36. The predicted molar refractivity (Wildman–Crippen MR) is 88.1 cm³/mol. The smallest absolute Gasteiger partial charge is 0.273 e. The van der Waals surface area contributed by atoms with E-state index in [1.54, 1.807) is 6.07 Å². The summed E-state index contributed by atoms with van der Waals surface area (Å²) in [5.41, 5.74) is 0.382. The van der Waals surface area contributed by atoms with Crippen molar-refractivity contribution < 1.29 is 9.32 Å². The molecule has 0 aliphatic carbocycles. The minimum absolute atomic E-state index is 0.0253. The fourth-order valence-electron chi connectivity index (χ4n) is 2.00. The molecule has 0 saturated carbocycles. The van der Waals surface area contributed by atoms with Gasteiger partial charge in [-0.3, -0.25) is 4.79 Å². The summed E-state index contributed by atoms with van der Waals surface area (Å²) in [4.78, 5) is 14.4. The van der Waals surface area contributed by atoms with Crippen LogP contribution < -0.4 is 5.32 Å². The number of hydrogen-bond acceptors (Lipinski definition) is 4. The van der Waals surface area contributed by atoms with E-state index in [2.05, 4.69) is 65.7 Å². The minimum atomic E-state index is -0.169. The van der Waals surface area contributed by atoms with Crippen LogP contribution in [0.3, 0.4) is 0 Å². The van der Waals surface area contributed by atoms with Crippen LogP contribution in [-0.4, -0.2) is 42.1 Å². The van der Waals surface area contributed by atoms with E-state index in [1.807, 2.05) is 0 Å². The molecule has 114 valence electrons. The van der Waals surface area contributed by atoms with Gasteiger partial charge in [0, 0.05) is 19.2 Å². The van der Waals surface area contributed by atoms with E-state index < -0.39 is 0 Å². The summed E-state index contributed by atoms with van der Waals surface area (Å²) in [6.45, 7) is 12.2. The molecule has 0 radical (unpaired) electrons. The maximum Gasteiger partial charge on any atom is 0.273 e. The summed E-state index contributed by atoms with van der Waals surface area (Å²) < 4.78 is 5.75. The average molecular weight is 393 g/mol. The van der Waals surface area contributed by atoms with Crippen molar-refractivity contribution in [2.45, 2.75) is 32.1 Å². The first kappa shape index (κ1) is 17.4. The molecule has 5 nitrogen and oxygen atoms in total. The summed E-state index contributed by atoms with van der Waals surface area (Å²) in [6.07, 6.45) is 0. The van der Waals surface area contributed by atoms with Gasteiger partial charge in [0.15, 0.2) is 5.69 Å². The van der Waals surface area contributed by atoms with Crippen LogP contribution in [0.4, 0.5) is 0 Å². The second-order valence-corrected chi connectivity index (χ2v) is 6.38. The van der Waals surface area contributed by atoms with Crippen molar-refractivity contribution in [1.82, 2.24) is 15.4 Å². The molecule has 0 saturated heterocycles. The van der Waals surface area contributed by atoms with Crippen LogP contribution in [0.1, 0.15) is 43.9 Å². The van der Waals surface area contributed by atoms with Gasteiger partial charge < -0.3 is 14.7 Å². The number of rotatable bonds is 8. The Morgan fingerprint density at radius 1 is 1.45 bits per heavy atom. The first-order chi connectivity index (χ1) is 9.41. The maximum atomic E-state index is 12.0. The summed E-state index contributed by atoms with van der Waals surface area (Å²) in [5.74, 6) is 0.552. The molecule has 1 amide bonds. The Bertz CT molecular complexity index is 428. The predicted octanol–water partition coefficient (Wildman–Crippen LogP) is 2.71. The topological polar surface area (TPSA) is 58.4 Å². The fraction of sp³-hybridized carbons (Fsp3) is 0.714. The molecule has 20 heavy (non-hydrogen) atoms. The summed E-state index contributed by atoms with van der Waals surface area (Å²) in [7, 11) is 0. The maximum absolute atomic E-state index is 12.0. The van der Waals surface area contributed by atoms with Crippen molar-refractivity contribution in [2.75, 3.05) is 26.2 Å². The first-order valence-corrected chi connectivity index (χ1v) is 8.46. The highest BCUT2D eigenvalue weighted by Gasteiger charge is 2.22. The van der Waals surface area contributed by atoms with E-state index >= 15 is 0 Å². The zero-order valence-corrected chi connectivity index (χ0v) is 14.9. The summed E-state index contributed by atoms with van der Waals surface area (Å²) in [6, 6.07) is 1.69. The number of nitrogens with one attached hydrogen (secondary N) is 1. The van der Waals surface area contributed by atoms with E-state index in [0.717, 1.165) is 25.4 Å². The number of hydrogen-bond donors (Lipinski definition) is 1. The third-order valence-electron chi connectivity index (χ3n) is 3.20. The lowest BCUT2D eigenvalue weighted by molar-refractivity contribution is 0.0914. The molecule has 1 aromatic rings. The van der Waals surface area contributed by atoms with Gasteiger partial charge in [-0.05, 0) is 18.5 Å². The van der Waals surface area contributed by atoms with Crippen LogP contribution in [-0.2, 0) is 4.43 Å². The lowest BCUT2D eigenvalue weighted by Crippen LogP contribution is -2.42. The van der Waals surface area contributed by atoms with Gasteiger partial charge in [-0.15, -0.1) is 0 Å². The Morgan fingerprint density at radius 3 is 2.60 bits per heavy atom. The van der Waals surface area contributed by atoms with Gasteiger partial charge in [0.1, 0.15) is 5.76 Å². The van der Waals surface area contributed by atoms with Crippen LogP contribution >= 0.6 is 22.6 Å². The Balaban J connectivity index is 2.50. The third-order valence-corrected chi connectivity index (χ3v) is 3.95. The molecular weight excluding hydrogens is 369 g/mol. The molecule has 1 N–H and O–H groups in total. The average Bonchev–Trinajstić information content (AvgIpc) is 2.91. The van der Waals surface area contributed by atoms with E-state index in [4.69, 9.17) is 4.52 Å². The van der Waals surface area contributed by atoms with Crippen molar-refractivity contribution in [1.29, 1.82) is 0 Å². The highest BCUT2D eigenvalue weighted by atomic mass is 127. The molecule has 0 bridgehead atoms. The van der Waals surface area contributed by atoms with E-state index in [9.17, 15) is 4.79 Å². The summed E-state index contributed by atoms with van der Waals surface area (Å²) in [5, 5.41) is 6.72. The second-order valence-electron chi connectivity index (χ2n) is 5.62. The molecule has 0 unspecified atom stereocenters. The van der Waals surface area contributed by atoms with E-state index in [0.29, 0.717) is 16.7 Å². The van der Waals surface area contributed by atoms with Crippen LogP contribution in [0, 0.1) is 5.41 Å². The standard InChI is InChI=1S/C14H24IN3O2/c1-5-18(6-2)10-14(3,4)9-16-13(19)12-7-11(8-15)20-17-12/h7H,5-6,8-10H2,1-4H3,(H,16,19). The van der Waals surface area contributed by atoms with Crippen molar-refractivity contribution in [3.05, 3.63) is 17.5 Å². The van der Waals surface area contributed by atoms with Gasteiger partial charge in [0.05, 0.1) is 4.43 Å². The lowest BCUT2D eigenvalue weighted by Gasteiger charge is -2.31. The molecule has 6 heteroatoms. The van der Waals surface area contributed by atoms with Crippen molar-refractivity contribution in [2.24, 2.45) is 5.41 Å². The van der Waals surface area contributed by atoms with Gasteiger partial charge in [-0.1, -0.05) is 55.4 Å². The zero-order chi connectivity index (χ0) is 15.2. The quantitative estimate of drug-likeness (QED) is 0.545. The number of carbonyl (C=O) groups is 1. The monoisotopic (exact) mass is 393 g/mol. The Kier molecular flexibility index (Phi) is 6.94. The van der Waals surface area contributed by atoms with Crippen molar-refractivity contribution in [3.8, 4) is 0 Å². The molecule has 0 aliphatic heterocycles. The van der Waals surface area contributed by atoms with Gasteiger partial charge in [-0.2, -0.15) is 0 Å². The molecule has 0 atom stereocenters. The number of alkyl halides is 1. The van der Waals surface area contributed by atoms with Crippen LogP contribution in [0.2, 0.25) is 0 Å². The molecule has 0 fully saturated rings. The Labute approximate surface area is 134 Å². The SMILES string of the molecule is CCN(CC)CC(C)(C)CNC(=O)c1cc(CI)on1. The van der Waals surface area contributed by atoms with Crippen LogP contribution in [0.15, 0.2) is 10.6 Å². The second kappa shape index (κ2) is 7.97. The largest absolute Gasteiger partial charge is 0.360 e. The van der Waals surface area contributed by atoms with E-state index in [-0.39, 0.29) is 11.3 Å². The molecule has 0 aromatic carbocycles. The molecule has 0 spiro atoms. The first-order valence-electron chi connectivity index (χ1n) is 6.94. The van der Waals surface area contributed by atoms with Gasteiger partial charge in [0.2, 0.25) is 0 Å². The molecular formula is C14H24IN3O2. The number of nitrogens with zero attached hydrogens (tertiary/aromatic N) is 2. The number of aromatic nitrogens is 1. The molecule has 1 heterocycles. The van der Waals surface area contributed by atoms with Gasteiger partial charge in [-0.25, -0.2) is 0 Å². The van der Waals surface area contributed by atoms with E-state index in [1.165, 1.54) is 0 Å². The summed E-state index contributed by atoms with van der Waals surface area (Å²) >= 11 is 2.17. The third kappa shape index (κ3) is 5.40. The highest BCUT2D eigenvalue weighted by Crippen LogP contribution is 2.16. The Morgan fingerprint density at radius 2 is 2.10 bits per heavy atom. The minimum Gasteiger partial charge on any atom is -0.360 e. The van der Waals surface area contributed by atoms with Crippen molar-refractivity contribution >= 4 is 28.5 Å².